The van der Waals surface area contributed by atoms with Crippen molar-refractivity contribution in [3.8, 4) is 0 Å². The monoisotopic (exact) mass is 315 g/mol. The van der Waals surface area contributed by atoms with Crippen LogP contribution in [0.5, 0.6) is 0 Å². The summed E-state index contributed by atoms with van der Waals surface area (Å²) in [6.07, 6.45) is 1.53. The minimum atomic E-state index is -3.66. The van der Waals surface area contributed by atoms with Crippen LogP contribution in [0, 0.1) is 6.92 Å². The SMILES string of the molecule is Cc1cnc(CNS(=O)(=O)c2ccc(Cl)c(CN)c2)o1. The summed E-state index contributed by atoms with van der Waals surface area (Å²) in [6.45, 7) is 1.88. The Hall–Kier alpha value is -1.41. The van der Waals surface area contributed by atoms with Gasteiger partial charge in [0.25, 0.3) is 0 Å². The molecule has 0 atom stereocenters. The lowest BCUT2D eigenvalue weighted by molar-refractivity contribution is 0.463. The molecule has 2 rings (SSSR count). The number of aromatic nitrogens is 1. The molecular weight excluding hydrogens is 302 g/mol. The molecule has 1 heterocycles. The fraction of sp³-hybridized carbons (Fsp3) is 0.250. The van der Waals surface area contributed by atoms with Crippen molar-refractivity contribution in [2.45, 2.75) is 24.9 Å². The van der Waals surface area contributed by atoms with E-state index in [1.807, 2.05) is 0 Å². The molecule has 20 heavy (non-hydrogen) atoms. The largest absolute Gasteiger partial charge is 0.445 e. The predicted octanol–water partition coefficient (Wildman–Crippen LogP) is 1.57. The van der Waals surface area contributed by atoms with Gasteiger partial charge in [-0.2, -0.15) is 0 Å². The minimum absolute atomic E-state index is 0.0171. The Labute approximate surface area is 122 Å². The Morgan fingerprint density at radius 2 is 2.20 bits per heavy atom. The first-order chi connectivity index (χ1) is 9.42. The number of oxazole rings is 1. The van der Waals surface area contributed by atoms with Gasteiger partial charge in [-0.15, -0.1) is 0 Å². The van der Waals surface area contributed by atoms with Crippen LogP contribution >= 0.6 is 11.6 Å². The highest BCUT2D eigenvalue weighted by Crippen LogP contribution is 2.20. The van der Waals surface area contributed by atoms with Crippen LogP contribution in [-0.4, -0.2) is 13.4 Å². The third kappa shape index (κ3) is 3.37. The van der Waals surface area contributed by atoms with E-state index in [-0.39, 0.29) is 18.0 Å². The van der Waals surface area contributed by atoms with E-state index in [1.54, 1.807) is 6.92 Å². The molecule has 1 aromatic heterocycles. The molecule has 8 heteroatoms. The van der Waals surface area contributed by atoms with Crippen LogP contribution in [0.3, 0.4) is 0 Å². The minimum Gasteiger partial charge on any atom is -0.445 e. The van der Waals surface area contributed by atoms with Crippen LogP contribution in [0.15, 0.2) is 33.7 Å². The average Bonchev–Trinajstić information content (AvgIpc) is 2.83. The van der Waals surface area contributed by atoms with E-state index in [0.717, 1.165) is 0 Å². The molecule has 0 bridgehead atoms. The summed E-state index contributed by atoms with van der Waals surface area (Å²) >= 11 is 5.90. The summed E-state index contributed by atoms with van der Waals surface area (Å²) in [7, 11) is -3.66. The lowest BCUT2D eigenvalue weighted by Crippen LogP contribution is -2.23. The van der Waals surface area contributed by atoms with Crippen LogP contribution in [0.4, 0.5) is 0 Å². The zero-order chi connectivity index (χ0) is 14.8. The quantitative estimate of drug-likeness (QED) is 0.872. The predicted molar refractivity (Wildman–Crippen MR) is 74.6 cm³/mol. The molecule has 6 nitrogen and oxygen atoms in total. The summed E-state index contributed by atoms with van der Waals surface area (Å²) in [5, 5.41) is 0.440. The molecule has 0 amide bonds. The van der Waals surface area contributed by atoms with Gasteiger partial charge in [-0.05, 0) is 30.7 Å². The Bertz CT molecular complexity index is 712. The first kappa shape index (κ1) is 15.0. The first-order valence-corrected chi connectivity index (χ1v) is 7.68. The molecule has 2 aromatic rings. The molecule has 0 saturated heterocycles. The molecule has 0 aliphatic rings. The maximum absolute atomic E-state index is 12.1. The van der Waals surface area contributed by atoms with E-state index < -0.39 is 10.0 Å². The number of hydrogen-bond donors (Lipinski definition) is 2. The van der Waals surface area contributed by atoms with Crippen LogP contribution in [-0.2, 0) is 23.1 Å². The normalized spacial score (nSPS) is 11.8. The third-order valence-electron chi connectivity index (χ3n) is 2.63. The highest BCUT2D eigenvalue weighted by molar-refractivity contribution is 7.89. The molecular formula is C12H14ClN3O3S. The fourth-order valence-electron chi connectivity index (χ4n) is 1.60. The van der Waals surface area contributed by atoms with Crippen molar-refractivity contribution < 1.29 is 12.8 Å². The number of sulfonamides is 1. The van der Waals surface area contributed by atoms with Gasteiger partial charge >= 0.3 is 0 Å². The van der Waals surface area contributed by atoms with Crippen molar-refractivity contribution in [2.24, 2.45) is 5.73 Å². The number of aryl methyl sites for hydroxylation is 1. The van der Waals surface area contributed by atoms with Crippen LogP contribution in [0.25, 0.3) is 0 Å². The van der Waals surface area contributed by atoms with Crippen LogP contribution in [0.2, 0.25) is 5.02 Å². The average molecular weight is 316 g/mol. The third-order valence-corrected chi connectivity index (χ3v) is 4.40. The van der Waals surface area contributed by atoms with Gasteiger partial charge in [-0.25, -0.2) is 18.1 Å². The second-order valence-electron chi connectivity index (χ2n) is 4.15. The van der Waals surface area contributed by atoms with E-state index in [4.69, 9.17) is 21.8 Å². The molecule has 0 spiro atoms. The van der Waals surface area contributed by atoms with Crippen molar-refractivity contribution in [3.05, 3.63) is 46.6 Å². The molecule has 1 aromatic carbocycles. The fourth-order valence-corrected chi connectivity index (χ4v) is 2.82. The number of nitrogens with two attached hydrogens (primary N) is 1. The molecule has 0 fully saturated rings. The summed E-state index contributed by atoms with van der Waals surface area (Å²) in [5.74, 6) is 0.926. The number of hydrogen-bond acceptors (Lipinski definition) is 5. The van der Waals surface area contributed by atoms with Gasteiger partial charge in [-0.3, -0.25) is 0 Å². The smallest absolute Gasteiger partial charge is 0.241 e. The van der Waals surface area contributed by atoms with Gasteiger partial charge in [-0.1, -0.05) is 11.6 Å². The lowest BCUT2D eigenvalue weighted by atomic mass is 10.2. The van der Waals surface area contributed by atoms with Gasteiger partial charge in [0.15, 0.2) is 0 Å². The number of nitrogens with zero attached hydrogens (tertiary/aromatic N) is 1. The molecule has 0 aliphatic carbocycles. The van der Waals surface area contributed by atoms with Gasteiger partial charge in [0.1, 0.15) is 5.76 Å². The summed E-state index contributed by atoms with van der Waals surface area (Å²) in [6, 6.07) is 4.38. The van der Waals surface area contributed by atoms with Crippen molar-refractivity contribution >= 4 is 21.6 Å². The highest BCUT2D eigenvalue weighted by Gasteiger charge is 2.16. The maximum Gasteiger partial charge on any atom is 0.241 e. The Kier molecular flexibility index (Phi) is 4.44. The number of nitrogens with one attached hydrogen (secondary N) is 1. The topological polar surface area (TPSA) is 98.2 Å². The Morgan fingerprint density at radius 3 is 2.80 bits per heavy atom. The maximum atomic E-state index is 12.1. The van der Waals surface area contributed by atoms with Gasteiger partial charge in [0.05, 0.1) is 17.6 Å². The highest BCUT2D eigenvalue weighted by atomic mass is 35.5. The molecule has 108 valence electrons. The zero-order valence-electron chi connectivity index (χ0n) is 10.8. The number of rotatable bonds is 5. The van der Waals surface area contributed by atoms with Crippen LogP contribution < -0.4 is 10.5 Å². The molecule has 3 N–H and O–H groups in total. The Morgan fingerprint density at radius 1 is 1.45 bits per heavy atom. The molecule has 0 radical (unpaired) electrons. The summed E-state index contributed by atoms with van der Waals surface area (Å²) < 4.78 is 31.9. The van der Waals surface area contributed by atoms with E-state index in [0.29, 0.717) is 22.2 Å². The van der Waals surface area contributed by atoms with Gasteiger partial charge < -0.3 is 10.2 Å². The first-order valence-electron chi connectivity index (χ1n) is 5.82. The number of benzene rings is 1. The zero-order valence-corrected chi connectivity index (χ0v) is 12.3. The van der Waals surface area contributed by atoms with E-state index >= 15 is 0 Å². The molecule has 0 aliphatic heterocycles. The van der Waals surface area contributed by atoms with E-state index in [1.165, 1.54) is 24.4 Å². The van der Waals surface area contributed by atoms with Gasteiger partial charge in [0.2, 0.25) is 15.9 Å². The second-order valence-corrected chi connectivity index (χ2v) is 6.32. The van der Waals surface area contributed by atoms with Crippen molar-refractivity contribution in [1.82, 2.24) is 9.71 Å². The second kappa shape index (κ2) is 5.92. The molecule has 0 saturated carbocycles. The summed E-state index contributed by atoms with van der Waals surface area (Å²) in [5.41, 5.74) is 6.08. The Balaban J connectivity index is 2.17. The van der Waals surface area contributed by atoms with E-state index in [9.17, 15) is 8.42 Å². The van der Waals surface area contributed by atoms with Gasteiger partial charge in [0, 0.05) is 11.6 Å². The van der Waals surface area contributed by atoms with Crippen molar-refractivity contribution in [2.75, 3.05) is 0 Å². The van der Waals surface area contributed by atoms with Crippen molar-refractivity contribution in [3.63, 3.8) is 0 Å². The summed E-state index contributed by atoms with van der Waals surface area (Å²) in [4.78, 5) is 4.03. The van der Waals surface area contributed by atoms with E-state index in [2.05, 4.69) is 9.71 Å². The standard InChI is InChI=1S/C12H14ClN3O3S/c1-8-6-15-12(19-8)7-16-20(17,18)10-2-3-11(13)9(4-10)5-14/h2-4,6,16H,5,7,14H2,1H3. The number of halogens is 1. The lowest BCUT2D eigenvalue weighted by Gasteiger charge is -2.07. The van der Waals surface area contributed by atoms with Crippen LogP contribution in [0.1, 0.15) is 17.2 Å². The van der Waals surface area contributed by atoms with Crippen molar-refractivity contribution in [1.29, 1.82) is 0 Å². The molecule has 0 unspecified atom stereocenters.